The van der Waals surface area contributed by atoms with Crippen LogP contribution in [0.4, 0.5) is 0 Å². The van der Waals surface area contributed by atoms with E-state index in [0.717, 1.165) is 18.6 Å². The smallest absolute Gasteiger partial charge is 0.252 e. The molecule has 1 N–H and O–H groups in total. The van der Waals surface area contributed by atoms with E-state index in [9.17, 15) is 4.79 Å². The Labute approximate surface area is 119 Å². The molecule has 0 unspecified atom stereocenters. The molecule has 0 saturated carbocycles. The quantitative estimate of drug-likeness (QED) is 0.413. The van der Waals surface area contributed by atoms with Crippen LogP contribution in [-0.2, 0) is 0 Å². The molecule has 104 valence electrons. The molecule has 19 heavy (non-hydrogen) atoms. The van der Waals surface area contributed by atoms with Crippen molar-refractivity contribution < 1.29 is 9.53 Å². The first kappa shape index (κ1) is 15.7. The van der Waals surface area contributed by atoms with Gasteiger partial charge in [0.15, 0.2) is 0 Å². The van der Waals surface area contributed by atoms with E-state index in [2.05, 4.69) is 6.92 Å². The molecule has 4 heteroatoms. The van der Waals surface area contributed by atoms with Crippen molar-refractivity contribution >= 4 is 22.6 Å². The molecule has 0 aliphatic carbocycles. The van der Waals surface area contributed by atoms with Crippen LogP contribution >= 0.6 is 11.6 Å². The number of carbonyl (C=O) groups is 1. The summed E-state index contributed by atoms with van der Waals surface area (Å²) in [6.45, 7) is 2.65. The van der Waals surface area contributed by atoms with Crippen molar-refractivity contribution in [1.82, 2.24) is 0 Å². The third-order valence-corrected chi connectivity index (χ3v) is 3.05. The van der Waals surface area contributed by atoms with Crippen LogP contribution < -0.4 is 4.74 Å². The minimum Gasteiger partial charge on any atom is -0.493 e. The number of nitrogens with one attached hydrogen (secondary N) is 1. The van der Waals surface area contributed by atoms with Gasteiger partial charge in [0, 0.05) is 17.7 Å². The summed E-state index contributed by atoms with van der Waals surface area (Å²) in [5.74, 6) is 0.697. The van der Waals surface area contributed by atoms with Crippen molar-refractivity contribution in [2.45, 2.75) is 39.0 Å². The lowest BCUT2D eigenvalue weighted by atomic mass is 10.1. The van der Waals surface area contributed by atoms with Crippen LogP contribution in [0.1, 0.15) is 49.4 Å². The van der Waals surface area contributed by atoms with E-state index in [1.54, 1.807) is 24.3 Å². The van der Waals surface area contributed by atoms with Crippen molar-refractivity contribution in [3.8, 4) is 5.75 Å². The third-order valence-electron chi connectivity index (χ3n) is 2.84. The fourth-order valence-electron chi connectivity index (χ4n) is 1.69. The predicted molar refractivity (Wildman–Crippen MR) is 78.6 cm³/mol. The van der Waals surface area contributed by atoms with Crippen molar-refractivity contribution in [3.63, 3.8) is 0 Å². The summed E-state index contributed by atoms with van der Waals surface area (Å²) in [6, 6.07) is 6.71. The van der Waals surface area contributed by atoms with Crippen molar-refractivity contribution in [2.75, 3.05) is 6.61 Å². The van der Waals surface area contributed by atoms with Crippen molar-refractivity contribution in [3.05, 3.63) is 29.8 Å². The zero-order chi connectivity index (χ0) is 14.1. The first-order chi connectivity index (χ1) is 9.13. The number of benzene rings is 1. The van der Waals surface area contributed by atoms with E-state index in [1.165, 1.54) is 12.8 Å². The average molecular weight is 282 g/mol. The number of halogens is 1. The molecule has 0 spiro atoms. The Balaban J connectivity index is 2.25. The lowest BCUT2D eigenvalue weighted by molar-refractivity contribution is 0.108. The minimum absolute atomic E-state index is 0.460. The Hall–Kier alpha value is -1.35. The normalized spacial score (nSPS) is 10.2. The summed E-state index contributed by atoms with van der Waals surface area (Å²) in [5, 5.41) is 7.31. The van der Waals surface area contributed by atoms with Gasteiger partial charge in [0.2, 0.25) is 0 Å². The van der Waals surface area contributed by atoms with E-state index in [4.69, 9.17) is 21.7 Å². The lowest BCUT2D eigenvalue weighted by Gasteiger charge is -2.07. The summed E-state index contributed by atoms with van der Waals surface area (Å²) in [4.78, 5) is 10.9. The van der Waals surface area contributed by atoms with Crippen LogP contribution in [-0.4, -0.2) is 17.6 Å². The van der Waals surface area contributed by atoms with E-state index in [0.29, 0.717) is 24.3 Å². The Kier molecular flexibility index (Phi) is 7.19. The molecular formula is C15H20ClNO2. The molecule has 0 saturated heterocycles. The average Bonchev–Trinajstić information content (AvgIpc) is 2.39. The van der Waals surface area contributed by atoms with E-state index in [-0.39, 0.29) is 0 Å². The second-order valence-corrected chi connectivity index (χ2v) is 4.80. The van der Waals surface area contributed by atoms with Crippen LogP contribution in [0.2, 0.25) is 0 Å². The maximum Gasteiger partial charge on any atom is 0.252 e. The number of unbranched alkanes of at least 4 members (excludes halogenated alkanes) is 2. The molecule has 1 aromatic rings. The van der Waals surface area contributed by atoms with E-state index in [1.807, 2.05) is 0 Å². The molecule has 0 bridgehead atoms. The Morgan fingerprint density at radius 2 is 1.89 bits per heavy atom. The van der Waals surface area contributed by atoms with Crippen LogP contribution in [0.3, 0.4) is 0 Å². The van der Waals surface area contributed by atoms with Gasteiger partial charge >= 0.3 is 0 Å². The molecule has 1 aromatic carbocycles. The van der Waals surface area contributed by atoms with Crippen LogP contribution in [0.15, 0.2) is 24.3 Å². The first-order valence-corrected chi connectivity index (χ1v) is 7.00. The lowest BCUT2D eigenvalue weighted by Crippen LogP contribution is -2.05. The topological polar surface area (TPSA) is 50.1 Å². The number of ether oxygens (including phenoxy) is 1. The van der Waals surface area contributed by atoms with Crippen LogP contribution in [0.5, 0.6) is 5.75 Å². The van der Waals surface area contributed by atoms with Gasteiger partial charge in [-0.15, -0.1) is 0 Å². The molecule has 0 aliphatic heterocycles. The minimum atomic E-state index is -0.468. The fraction of sp³-hybridized carbons (Fsp3) is 0.467. The number of rotatable bonds is 9. The largest absolute Gasteiger partial charge is 0.493 e. The molecule has 0 radical (unpaired) electrons. The summed E-state index contributed by atoms with van der Waals surface area (Å²) in [6.07, 6.45) is 4.95. The van der Waals surface area contributed by atoms with E-state index < -0.39 is 5.24 Å². The number of hydrogen-bond donors (Lipinski definition) is 1. The Morgan fingerprint density at radius 3 is 2.47 bits per heavy atom. The molecule has 0 heterocycles. The number of hydrogen-bond acceptors (Lipinski definition) is 3. The molecule has 0 atom stereocenters. The summed E-state index contributed by atoms with van der Waals surface area (Å²) >= 11 is 5.35. The summed E-state index contributed by atoms with van der Waals surface area (Å²) < 4.78 is 5.52. The summed E-state index contributed by atoms with van der Waals surface area (Å²) in [7, 11) is 0. The molecular weight excluding hydrogens is 262 g/mol. The van der Waals surface area contributed by atoms with E-state index >= 15 is 0 Å². The van der Waals surface area contributed by atoms with Gasteiger partial charge in [0.05, 0.1) is 6.61 Å². The maximum absolute atomic E-state index is 10.9. The Morgan fingerprint density at radius 1 is 1.21 bits per heavy atom. The zero-order valence-corrected chi connectivity index (χ0v) is 12.0. The molecule has 0 fully saturated rings. The molecule has 1 rings (SSSR count). The number of carbonyl (C=O) groups excluding carboxylic acids is 1. The second kappa shape index (κ2) is 8.70. The van der Waals surface area contributed by atoms with Crippen LogP contribution in [0.25, 0.3) is 0 Å². The van der Waals surface area contributed by atoms with Gasteiger partial charge in [0.25, 0.3) is 5.24 Å². The SMILES string of the molecule is CCCCCC(=N)CCOc1ccc(C(=O)Cl)cc1. The maximum atomic E-state index is 10.9. The van der Waals surface area contributed by atoms with Gasteiger partial charge in [-0.2, -0.15) is 0 Å². The standard InChI is InChI=1S/C15H20ClNO2/c1-2-3-4-5-13(17)10-11-19-14-8-6-12(7-9-14)15(16)18/h6-9,17H,2-5,10-11H2,1H3. The molecule has 0 aliphatic rings. The highest BCUT2D eigenvalue weighted by molar-refractivity contribution is 6.67. The van der Waals surface area contributed by atoms with Crippen molar-refractivity contribution in [2.24, 2.45) is 0 Å². The second-order valence-electron chi connectivity index (χ2n) is 4.46. The molecule has 0 aromatic heterocycles. The summed E-state index contributed by atoms with van der Waals surface area (Å²) in [5.41, 5.74) is 1.20. The highest BCUT2D eigenvalue weighted by Gasteiger charge is 2.02. The first-order valence-electron chi connectivity index (χ1n) is 6.62. The van der Waals surface area contributed by atoms with Crippen molar-refractivity contribution in [1.29, 1.82) is 5.41 Å². The monoisotopic (exact) mass is 281 g/mol. The van der Waals surface area contributed by atoms with Gasteiger partial charge in [-0.25, -0.2) is 0 Å². The fourth-order valence-corrected chi connectivity index (χ4v) is 1.81. The third kappa shape index (κ3) is 6.39. The predicted octanol–water partition coefficient (Wildman–Crippen LogP) is 4.43. The Bertz CT molecular complexity index is 415. The molecule has 3 nitrogen and oxygen atoms in total. The van der Waals surface area contributed by atoms with Gasteiger partial charge < -0.3 is 10.1 Å². The van der Waals surface area contributed by atoms with Gasteiger partial charge in [-0.05, 0) is 48.7 Å². The molecule has 0 amide bonds. The zero-order valence-electron chi connectivity index (χ0n) is 11.2. The van der Waals surface area contributed by atoms with Crippen LogP contribution in [0, 0.1) is 5.41 Å². The highest BCUT2D eigenvalue weighted by atomic mass is 35.5. The van der Waals surface area contributed by atoms with Gasteiger partial charge in [-0.3, -0.25) is 4.79 Å². The highest BCUT2D eigenvalue weighted by Crippen LogP contribution is 2.14. The van der Waals surface area contributed by atoms with Gasteiger partial charge in [0.1, 0.15) is 5.75 Å². The van der Waals surface area contributed by atoms with Gasteiger partial charge in [-0.1, -0.05) is 19.8 Å².